The molecule has 2 aliphatic rings. The van der Waals surface area contributed by atoms with Gasteiger partial charge in [0.2, 0.25) is 0 Å². The summed E-state index contributed by atoms with van der Waals surface area (Å²) in [5, 5.41) is 10.7. The molecule has 2 atom stereocenters. The Balaban J connectivity index is 1.89. The van der Waals surface area contributed by atoms with Gasteiger partial charge in [-0.1, -0.05) is 43.6 Å². The number of fused-ring (bicyclic) bond motifs is 3. The van der Waals surface area contributed by atoms with E-state index >= 15 is 0 Å². The molecule has 0 amide bonds. The zero-order valence-corrected chi connectivity index (χ0v) is 16.1. The first-order valence-electron chi connectivity index (χ1n) is 9.80. The Labute approximate surface area is 152 Å². The molecule has 0 aromatic heterocycles. The lowest BCUT2D eigenvalue weighted by Gasteiger charge is -2.47. The first-order chi connectivity index (χ1) is 11.9. The van der Waals surface area contributed by atoms with Crippen LogP contribution in [0.2, 0.25) is 0 Å². The summed E-state index contributed by atoms with van der Waals surface area (Å²) in [6.45, 7) is 8.79. The molecule has 1 aliphatic carbocycles. The van der Waals surface area contributed by atoms with Gasteiger partial charge in [0.1, 0.15) is 17.1 Å². The molecule has 0 saturated carbocycles. The summed E-state index contributed by atoms with van der Waals surface area (Å²) in [5.74, 6) is 2.04. The van der Waals surface area contributed by atoms with Crippen LogP contribution in [0.5, 0.6) is 11.5 Å². The minimum atomic E-state index is -0.204. The van der Waals surface area contributed by atoms with Crippen molar-refractivity contribution in [1.82, 2.24) is 0 Å². The van der Waals surface area contributed by atoms with Crippen LogP contribution >= 0.6 is 0 Å². The quantitative estimate of drug-likeness (QED) is 0.483. The van der Waals surface area contributed by atoms with Crippen molar-refractivity contribution in [3.8, 4) is 11.5 Å². The summed E-state index contributed by atoms with van der Waals surface area (Å²) in [6.07, 6.45) is 13.5. The van der Waals surface area contributed by atoms with Crippen LogP contribution in [0.3, 0.4) is 0 Å². The Morgan fingerprint density at radius 1 is 1.28 bits per heavy atom. The Morgan fingerprint density at radius 3 is 2.84 bits per heavy atom. The van der Waals surface area contributed by atoms with Gasteiger partial charge in [0.05, 0.1) is 0 Å². The lowest BCUT2D eigenvalue weighted by molar-refractivity contribution is 0.00760. The highest BCUT2D eigenvalue weighted by molar-refractivity contribution is 5.60. The van der Waals surface area contributed by atoms with E-state index in [9.17, 15) is 5.11 Å². The van der Waals surface area contributed by atoms with Gasteiger partial charge in [0, 0.05) is 17.4 Å². The number of unbranched alkanes of at least 4 members (excludes halogenated alkanes) is 3. The Morgan fingerprint density at radius 2 is 2.08 bits per heavy atom. The molecule has 0 spiro atoms. The van der Waals surface area contributed by atoms with Gasteiger partial charge in [0.15, 0.2) is 0 Å². The number of hydrogen-bond acceptors (Lipinski definition) is 2. The number of rotatable bonds is 5. The van der Waals surface area contributed by atoms with Crippen molar-refractivity contribution in [1.29, 1.82) is 0 Å². The van der Waals surface area contributed by atoms with E-state index in [0.717, 1.165) is 36.1 Å². The zero-order valence-electron chi connectivity index (χ0n) is 16.1. The summed E-state index contributed by atoms with van der Waals surface area (Å²) < 4.78 is 6.37. The van der Waals surface area contributed by atoms with E-state index in [0.29, 0.717) is 17.6 Å². The highest BCUT2D eigenvalue weighted by Gasteiger charge is 2.45. The molecule has 1 N–H and O–H groups in total. The molecule has 2 heteroatoms. The third-order valence-corrected chi connectivity index (χ3v) is 5.81. The lowest BCUT2D eigenvalue weighted by Crippen LogP contribution is -2.45. The molecule has 0 saturated heterocycles. The van der Waals surface area contributed by atoms with E-state index in [1.54, 1.807) is 0 Å². The Kier molecular flexibility index (Phi) is 5.27. The molecule has 0 fully saturated rings. The minimum absolute atomic E-state index is 0.204. The molecule has 1 heterocycles. The number of benzene rings is 1. The van der Waals surface area contributed by atoms with Crippen molar-refractivity contribution in [2.75, 3.05) is 0 Å². The first-order valence-corrected chi connectivity index (χ1v) is 9.80. The summed E-state index contributed by atoms with van der Waals surface area (Å²) in [5.41, 5.74) is 3.26. The maximum absolute atomic E-state index is 10.7. The van der Waals surface area contributed by atoms with E-state index < -0.39 is 0 Å². The van der Waals surface area contributed by atoms with Gasteiger partial charge in [-0.25, -0.2) is 0 Å². The molecule has 0 unspecified atom stereocenters. The largest absolute Gasteiger partial charge is 0.507 e. The van der Waals surface area contributed by atoms with Gasteiger partial charge in [-0.2, -0.15) is 0 Å². The van der Waals surface area contributed by atoms with Gasteiger partial charge < -0.3 is 9.84 Å². The fourth-order valence-corrected chi connectivity index (χ4v) is 4.41. The second-order valence-electron chi connectivity index (χ2n) is 8.26. The normalized spacial score (nSPS) is 24.4. The van der Waals surface area contributed by atoms with E-state index in [-0.39, 0.29) is 5.60 Å². The van der Waals surface area contributed by atoms with E-state index in [4.69, 9.17) is 4.74 Å². The van der Waals surface area contributed by atoms with Crippen LogP contribution in [0.15, 0.2) is 29.9 Å². The predicted molar refractivity (Wildman–Crippen MR) is 105 cm³/mol. The van der Waals surface area contributed by atoms with Gasteiger partial charge in [-0.3, -0.25) is 0 Å². The van der Waals surface area contributed by atoms with Crippen LogP contribution in [0.25, 0.3) is 6.08 Å². The molecule has 0 bridgehead atoms. The molecule has 1 aromatic carbocycles. The van der Waals surface area contributed by atoms with Crippen LogP contribution in [0, 0.1) is 5.92 Å². The molecule has 0 radical (unpaired) electrons. The molecule has 3 rings (SSSR count). The van der Waals surface area contributed by atoms with Crippen LogP contribution < -0.4 is 4.74 Å². The highest BCUT2D eigenvalue weighted by atomic mass is 16.5. The summed E-state index contributed by atoms with van der Waals surface area (Å²) in [6, 6.07) is 4.01. The number of allylic oxidation sites excluding steroid dienone is 3. The SMILES string of the molecule is CCCCC/C=C/c1cc(O)c2c(c1)OC(C)(C)[C@@H]1CC=C(C)C[C@@H]21. The number of phenols is 1. The third-order valence-electron chi connectivity index (χ3n) is 5.81. The van der Waals surface area contributed by atoms with Gasteiger partial charge >= 0.3 is 0 Å². The fraction of sp³-hybridized carbons (Fsp3) is 0.565. The predicted octanol–water partition coefficient (Wildman–Crippen LogP) is 6.60. The van der Waals surface area contributed by atoms with Crippen LogP contribution in [-0.4, -0.2) is 10.7 Å². The molecule has 1 aromatic rings. The minimum Gasteiger partial charge on any atom is -0.507 e. The van der Waals surface area contributed by atoms with Crippen molar-refractivity contribution in [2.45, 2.75) is 77.7 Å². The average Bonchev–Trinajstić information content (AvgIpc) is 2.53. The number of aromatic hydroxyl groups is 1. The number of phenolic OH excluding ortho intramolecular Hbond substituents is 1. The number of hydrogen-bond donors (Lipinski definition) is 1. The molecule has 25 heavy (non-hydrogen) atoms. The molecule has 136 valence electrons. The van der Waals surface area contributed by atoms with Gasteiger partial charge in [-0.05, 0) is 64.2 Å². The molecule has 2 nitrogen and oxygen atoms in total. The Bertz CT molecular complexity index is 682. The summed E-state index contributed by atoms with van der Waals surface area (Å²) in [7, 11) is 0. The molecular formula is C23H32O2. The van der Waals surface area contributed by atoms with E-state index in [1.807, 2.05) is 6.07 Å². The summed E-state index contributed by atoms with van der Waals surface area (Å²) >= 11 is 0. The second-order valence-corrected chi connectivity index (χ2v) is 8.26. The van der Waals surface area contributed by atoms with Gasteiger partial charge in [-0.15, -0.1) is 0 Å². The third kappa shape index (κ3) is 3.78. The van der Waals surface area contributed by atoms with Crippen molar-refractivity contribution < 1.29 is 9.84 Å². The summed E-state index contributed by atoms with van der Waals surface area (Å²) in [4.78, 5) is 0. The second kappa shape index (κ2) is 7.27. The highest BCUT2D eigenvalue weighted by Crippen LogP contribution is 2.54. The average molecular weight is 341 g/mol. The van der Waals surface area contributed by atoms with Crippen LogP contribution in [-0.2, 0) is 0 Å². The van der Waals surface area contributed by atoms with Crippen LogP contribution in [0.4, 0.5) is 0 Å². The lowest BCUT2D eigenvalue weighted by atomic mass is 9.67. The van der Waals surface area contributed by atoms with E-state index in [2.05, 4.69) is 52.0 Å². The van der Waals surface area contributed by atoms with Crippen molar-refractivity contribution in [2.24, 2.45) is 5.92 Å². The van der Waals surface area contributed by atoms with Crippen LogP contribution in [0.1, 0.15) is 83.3 Å². The molecule has 1 aliphatic heterocycles. The van der Waals surface area contributed by atoms with E-state index in [1.165, 1.54) is 24.8 Å². The maximum Gasteiger partial charge on any atom is 0.127 e. The number of ether oxygens (including phenoxy) is 1. The first kappa shape index (κ1) is 18.1. The van der Waals surface area contributed by atoms with Gasteiger partial charge in [0.25, 0.3) is 0 Å². The monoisotopic (exact) mass is 340 g/mol. The Hall–Kier alpha value is -1.70. The van der Waals surface area contributed by atoms with Crippen molar-refractivity contribution in [3.05, 3.63) is 41.0 Å². The standard InChI is InChI=1S/C23H32O2/c1-5-6-7-8-9-10-17-14-20(24)22-18-13-16(2)11-12-19(18)23(3,4)25-21(22)15-17/h9-11,14-15,18-19,24H,5-8,12-13H2,1-4H3/b10-9+/t18-,19-/m1/s1. The topological polar surface area (TPSA) is 29.5 Å². The fourth-order valence-electron chi connectivity index (χ4n) is 4.41. The van der Waals surface area contributed by atoms with Crippen molar-refractivity contribution >= 4 is 6.08 Å². The molecular weight excluding hydrogens is 308 g/mol. The smallest absolute Gasteiger partial charge is 0.127 e. The van der Waals surface area contributed by atoms with Crippen molar-refractivity contribution in [3.63, 3.8) is 0 Å². The maximum atomic E-state index is 10.7. The zero-order chi connectivity index (χ0) is 18.0.